The SMILES string of the molecule is Cc1cc(C(=O)NCC2(C)COC2)ccn1. The topological polar surface area (TPSA) is 51.2 Å². The van der Waals surface area contributed by atoms with E-state index in [0.717, 1.165) is 18.9 Å². The Morgan fingerprint density at radius 3 is 2.94 bits per heavy atom. The summed E-state index contributed by atoms with van der Waals surface area (Å²) in [6, 6.07) is 3.51. The summed E-state index contributed by atoms with van der Waals surface area (Å²) in [6.07, 6.45) is 1.65. The molecule has 0 saturated carbocycles. The van der Waals surface area contributed by atoms with Crippen LogP contribution in [0.2, 0.25) is 0 Å². The lowest BCUT2D eigenvalue weighted by molar-refractivity contribution is -0.0978. The highest BCUT2D eigenvalue weighted by Gasteiger charge is 2.33. The van der Waals surface area contributed by atoms with Crippen LogP contribution in [0.1, 0.15) is 23.0 Å². The van der Waals surface area contributed by atoms with Gasteiger partial charge in [-0.3, -0.25) is 9.78 Å². The third kappa shape index (κ3) is 2.39. The van der Waals surface area contributed by atoms with Gasteiger partial charge in [0.2, 0.25) is 0 Å². The lowest BCUT2D eigenvalue weighted by Crippen LogP contribution is -2.48. The van der Waals surface area contributed by atoms with Gasteiger partial charge in [0.05, 0.1) is 13.2 Å². The van der Waals surface area contributed by atoms with Crippen molar-refractivity contribution < 1.29 is 9.53 Å². The molecule has 1 amide bonds. The number of ether oxygens (including phenoxy) is 1. The zero-order valence-corrected chi connectivity index (χ0v) is 9.62. The van der Waals surface area contributed by atoms with Crippen LogP contribution in [0.25, 0.3) is 0 Å². The fraction of sp³-hybridized carbons (Fsp3) is 0.500. The summed E-state index contributed by atoms with van der Waals surface area (Å²) in [4.78, 5) is 15.9. The van der Waals surface area contributed by atoms with Gasteiger partial charge in [0.15, 0.2) is 0 Å². The number of aromatic nitrogens is 1. The molecule has 4 heteroatoms. The van der Waals surface area contributed by atoms with Gasteiger partial charge in [-0.25, -0.2) is 0 Å². The Morgan fingerprint density at radius 2 is 2.38 bits per heavy atom. The summed E-state index contributed by atoms with van der Waals surface area (Å²) in [6.45, 7) is 6.09. The van der Waals surface area contributed by atoms with Gasteiger partial charge in [-0.1, -0.05) is 6.92 Å². The quantitative estimate of drug-likeness (QED) is 0.831. The van der Waals surface area contributed by atoms with E-state index in [1.165, 1.54) is 0 Å². The second kappa shape index (κ2) is 4.22. The lowest BCUT2D eigenvalue weighted by Gasteiger charge is -2.38. The molecule has 86 valence electrons. The van der Waals surface area contributed by atoms with E-state index in [4.69, 9.17) is 4.74 Å². The van der Waals surface area contributed by atoms with E-state index in [1.807, 2.05) is 6.92 Å². The van der Waals surface area contributed by atoms with Gasteiger partial charge in [0.25, 0.3) is 5.91 Å². The molecule has 0 spiro atoms. The first-order chi connectivity index (χ1) is 7.59. The number of pyridine rings is 1. The maximum atomic E-state index is 11.8. The number of nitrogens with zero attached hydrogens (tertiary/aromatic N) is 1. The van der Waals surface area contributed by atoms with Crippen molar-refractivity contribution in [3.8, 4) is 0 Å². The number of aryl methyl sites for hydroxylation is 1. The summed E-state index contributed by atoms with van der Waals surface area (Å²) in [5.41, 5.74) is 1.62. The number of amides is 1. The highest BCUT2D eigenvalue weighted by molar-refractivity contribution is 5.94. The number of hydrogen-bond donors (Lipinski definition) is 1. The second-order valence-electron chi connectivity index (χ2n) is 4.67. The molecule has 0 aliphatic carbocycles. The molecule has 4 nitrogen and oxygen atoms in total. The average Bonchev–Trinajstić information content (AvgIpc) is 2.23. The first kappa shape index (κ1) is 11.1. The smallest absolute Gasteiger partial charge is 0.251 e. The van der Waals surface area contributed by atoms with E-state index >= 15 is 0 Å². The Balaban J connectivity index is 1.93. The summed E-state index contributed by atoms with van der Waals surface area (Å²) in [7, 11) is 0. The molecule has 1 aliphatic heterocycles. The van der Waals surface area contributed by atoms with Crippen molar-refractivity contribution in [2.24, 2.45) is 5.41 Å². The molecule has 0 atom stereocenters. The van der Waals surface area contributed by atoms with Crippen molar-refractivity contribution in [2.75, 3.05) is 19.8 Å². The minimum atomic E-state index is -0.0429. The Labute approximate surface area is 95.0 Å². The highest BCUT2D eigenvalue weighted by atomic mass is 16.5. The predicted molar refractivity (Wildman–Crippen MR) is 60.2 cm³/mol. The van der Waals surface area contributed by atoms with Gasteiger partial charge in [0, 0.05) is 29.4 Å². The maximum Gasteiger partial charge on any atom is 0.251 e. The van der Waals surface area contributed by atoms with Crippen LogP contribution in [-0.4, -0.2) is 30.6 Å². The fourth-order valence-electron chi connectivity index (χ4n) is 1.64. The molecule has 2 rings (SSSR count). The number of rotatable bonds is 3. The van der Waals surface area contributed by atoms with Crippen LogP contribution in [0.3, 0.4) is 0 Å². The van der Waals surface area contributed by atoms with Gasteiger partial charge < -0.3 is 10.1 Å². The third-order valence-corrected chi connectivity index (χ3v) is 2.74. The molecule has 1 saturated heterocycles. The molecule has 16 heavy (non-hydrogen) atoms. The number of carbonyl (C=O) groups excluding carboxylic acids is 1. The maximum absolute atomic E-state index is 11.8. The summed E-state index contributed by atoms with van der Waals surface area (Å²) in [5.74, 6) is -0.0429. The van der Waals surface area contributed by atoms with Gasteiger partial charge in [-0.2, -0.15) is 0 Å². The molecule has 0 bridgehead atoms. The molecule has 0 radical (unpaired) electrons. The Hall–Kier alpha value is -1.42. The Morgan fingerprint density at radius 1 is 1.62 bits per heavy atom. The van der Waals surface area contributed by atoms with Crippen molar-refractivity contribution in [2.45, 2.75) is 13.8 Å². The first-order valence-corrected chi connectivity index (χ1v) is 5.38. The van der Waals surface area contributed by atoms with Crippen LogP contribution in [0.5, 0.6) is 0 Å². The van der Waals surface area contributed by atoms with Gasteiger partial charge >= 0.3 is 0 Å². The molecule has 1 aliphatic rings. The minimum absolute atomic E-state index is 0.0429. The standard InChI is InChI=1S/C12H16N2O2/c1-9-5-10(3-4-13-9)11(15)14-6-12(2)7-16-8-12/h3-5H,6-8H2,1-2H3,(H,14,15). The van der Waals surface area contributed by atoms with Crippen LogP contribution < -0.4 is 5.32 Å². The van der Waals surface area contributed by atoms with E-state index in [2.05, 4.69) is 17.2 Å². The lowest BCUT2D eigenvalue weighted by atomic mass is 9.89. The Kier molecular flexibility index (Phi) is 2.92. The van der Waals surface area contributed by atoms with Gasteiger partial charge in [0.1, 0.15) is 0 Å². The minimum Gasteiger partial charge on any atom is -0.380 e. The average molecular weight is 220 g/mol. The van der Waals surface area contributed by atoms with E-state index in [1.54, 1.807) is 18.3 Å². The van der Waals surface area contributed by atoms with Crippen LogP contribution >= 0.6 is 0 Å². The molecular formula is C12H16N2O2. The van der Waals surface area contributed by atoms with Crippen molar-refractivity contribution in [3.05, 3.63) is 29.6 Å². The largest absolute Gasteiger partial charge is 0.380 e. The second-order valence-corrected chi connectivity index (χ2v) is 4.67. The van der Waals surface area contributed by atoms with Crippen LogP contribution in [0.15, 0.2) is 18.3 Å². The summed E-state index contributed by atoms with van der Waals surface area (Å²) in [5, 5.41) is 2.92. The number of carbonyl (C=O) groups is 1. The summed E-state index contributed by atoms with van der Waals surface area (Å²) >= 11 is 0. The van der Waals surface area contributed by atoms with Crippen molar-refractivity contribution in [1.29, 1.82) is 0 Å². The van der Waals surface area contributed by atoms with Crippen LogP contribution in [0, 0.1) is 12.3 Å². The Bertz CT molecular complexity index is 400. The van der Waals surface area contributed by atoms with E-state index in [9.17, 15) is 4.79 Å². The van der Waals surface area contributed by atoms with E-state index in [-0.39, 0.29) is 11.3 Å². The molecule has 0 aromatic carbocycles. The van der Waals surface area contributed by atoms with Gasteiger partial charge in [-0.15, -0.1) is 0 Å². The highest BCUT2D eigenvalue weighted by Crippen LogP contribution is 2.25. The number of hydrogen-bond acceptors (Lipinski definition) is 3. The molecule has 1 fully saturated rings. The molecule has 1 aromatic rings. The van der Waals surface area contributed by atoms with Crippen LogP contribution in [0.4, 0.5) is 0 Å². The van der Waals surface area contributed by atoms with Crippen LogP contribution in [-0.2, 0) is 4.74 Å². The third-order valence-electron chi connectivity index (χ3n) is 2.74. The zero-order valence-electron chi connectivity index (χ0n) is 9.62. The van der Waals surface area contributed by atoms with Crippen molar-refractivity contribution in [1.82, 2.24) is 10.3 Å². The summed E-state index contributed by atoms with van der Waals surface area (Å²) < 4.78 is 5.13. The molecular weight excluding hydrogens is 204 g/mol. The predicted octanol–water partition coefficient (Wildman–Crippen LogP) is 1.16. The molecule has 1 N–H and O–H groups in total. The van der Waals surface area contributed by atoms with Crippen molar-refractivity contribution >= 4 is 5.91 Å². The normalized spacial score (nSPS) is 17.6. The molecule has 1 aromatic heterocycles. The molecule has 2 heterocycles. The number of nitrogens with one attached hydrogen (secondary N) is 1. The van der Waals surface area contributed by atoms with Gasteiger partial charge in [-0.05, 0) is 19.1 Å². The van der Waals surface area contributed by atoms with Crippen molar-refractivity contribution in [3.63, 3.8) is 0 Å². The van der Waals surface area contributed by atoms with E-state index in [0.29, 0.717) is 12.1 Å². The molecule has 0 unspecified atom stereocenters. The first-order valence-electron chi connectivity index (χ1n) is 5.38. The van der Waals surface area contributed by atoms with E-state index < -0.39 is 0 Å². The zero-order chi connectivity index (χ0) is 11.6. The monoisotopic (exact) mass is 220 g/mol. The fourth-order valence-corrected chi connectivity index (χ4v) is 1.64.